The third-order valence-electron chi connectivity index (χ3n) is 2.56. The molecule has 1 aromatic carbocycles. The Morgan fingerprint density at radius 2 is 2.28 bits per heavy atom. The summed E-state index contributed by atoms with van der Waals surface area (Å²) in [5, 5.41) is 3.37. The molecule has 0 fully saturated rings. The molecule has 4 heteroatoms. The molecule has 0 saturated carbocycles. The number of benzene rings is 1. The molecule has 0 radical (unpaired) electrons. The molecule has 1 N–H and O–H groups in total. The van der Waals surface area contributed by atoms with Crippen molar-refractivity contribution in [1.82, 2.24) is 4.98 Å². The van der Waals surface area contributed by atoms with Crippen LogP contribution in [0.15, 0.2) is 34.9 Å². The highest BCUT2D eigenvalue weighted by Crippen LogP contribution is 2.22. The number of aryl methyl sites for hydroxylation is 1. The largest absolute Gasteiger partial charge is 0.441 e. The molecule has 0 unspecified atom stereocenters. The zero-order chi connectivity index (χ0) is 13.0. The highest BCUT2D eigenvalue weighted by atomic mass is 16.5. The van der Waals surface area contributed by atoms with Gasteiger partial charge in [-0.1, -0.05) is 6.07 Å². The lowest BCUT2D eigenvalue weighted by Gasteiger charge is -2.14. The monoisotopic (exact) mass is 246 g/mol. The average Bonchev–Trinajstić information content (AvgIpc) is 2.76. The molecule has 0 amide bonds. The summed E-state index contributed by atoms with van der Waals surface area (Å²) < 4.78 is 10.6. The summed E-state index contributed by atoms with van der Waals surface area (Å²) in [6, 6.07) is 8.27. The second kappa shape index (κ2) is 5.69. The van der Waals surface area contributed by atoms with Crippen LogP contribution in [-0.2, 0) is 4.74 Å². The summed E-state index contributed by atoms with van der Waals surface area (Å²) in [5.41, 5.74) is 2.01. The number of methoxy groups -OCH3 is 1. The lowest BCUT2D eigenvalue weighted by atomic mass is 10.2. The van der Waals surface area contributed by atoms with Crippen molar-refractivity contribution in [2.24, 2.45) is 0 Å². The summed E-state index contributed by atoms with van der Waals surface area (Å²) in [4.78, 5) is 4.22. The van der Waals surface area contributed by atoms with Crippen molar-refractivity contribution in [1.29, 1.82) is 0 Å². The average molecular weight is 246 g/mol. The fourth-order valence-corrected chi connectivity index (χ4v) is 1.81. The summed E-state index contributed by atoms with van der Waals surface area (Å²) in [6.45, 7) is 4.63. The van der Waals surface area contributed by atoms with Crippen molar-refractivity contribution in [3.8, 4) is 11.5 Å². The van der Waals surface area contributed by atoms with E-state index < -0.39 is 0 Å². The van der Waals surface area contributed by atoms with Gasteiger partial charge in [0.05, 0.1) is 12.8 Å². The van der Waals surface area contributed by atoms with Gasteiger partial charge in [0.15, 0.2) is 0 Å². The predicted octanol–water partition coefficient (Wildman–Crippen LogP) is 3.10. The van der Waals surface area contributed by atoms with E-state index in [1.807, 2.05) is 31.2 Å². The van der Waals surface area contributed by atoms with E-state index in [1.165, 1.54) is 0 Å². The molecule has 2 aromatic rings. The van der Waals surface area contributed by atoms with Crippen molar-refractivity contribution in [2.75, 3.05) is 19.0 Å². The Bertz CT molecular complexity index is 508. The maximum atomic E-state index is 5.51. The third kappa shape index (κ3) is 3.11. The SMILES string of the molecule is COC[C@@H](C)Nc1cccc(-c2ncc(C)o2)c1. The topological polar surface area (TPSA) is 47.3 Å². The van der Waals surface area contributed by atoms with Crippen molar-refractivity contribution >= 4 is 5.69 Å². The molecule has 0 bridgehead atoms. The Morgan fingerprint density at radius 1 is 1.44 bits per heavy atom. The molecule has 4 nitrogen and oxygen atoms in total. The van der Waals surface area contributed by atoms with E-state index in [1.54, 1.807) is 13.3 Å². The maximum Gasteiger partial charge on any atom is 0.226 e. The molecule has 1 atom stereocenters. The molecule has 18 heavy (non-hydrogen) atoms. The second-order valence-corrected chi connectivity index (χ2v) is 4.36. The Kier molecular flexibility index (Phi) is 3.99. The normalized spacial score (nSPS) is 12.4. The molecular weight excluding hydrogens is 228 g/mol. The van der Waals surface area contributed by atoms with Gasteiger partial charge < -0.3 is 14.5 Å². The molecule has 96 valence electrons. The minimum Gasteiger partial charge on any atom is -0.441 e. The zero-order valence-electron chi connectivity index (χ0n) is 10.9. The zero-order valence-corrected chi connectivity index (χ0v) is 10.9. The van der Waals surface area contributed by atoms with Gasteiger partial charge in [0.1, 0.15) is 5.76 Å². The van der Waals surface area contributed by atoms with E-state index >= 15 is 0 Å². The molecular formula is C14H18N2O2. The maximum absolute atomic E-state index is 5.51. The number of nitrogens with one attached hydrogen (secondary N) is 1. The van der Waals surface area contributed by atoms with Crippen LogP contribution in [0.5, 0.6) is 0 Å². The quantitative estimate of drug-likeness (QED) is 0.880. The number of aromatic nitrogens is 1. The number of hydrogen-bond acceptors (Lipinski definition) is 4. The Labute approximate surface area is 107 Å². The highest BCUT2D eigenvalue weighted by molar-refractivity contribution is 5.61. The van der Waals surface area contributed by atoms with E-state index in [0.717, 1.165) is 17.0 Å². The first-order valence-electron chi connectivity index (χ1n) is 5.97. The van der Waals surface area contributed by atoms with Crippen LogP contribution >= 0.6 is 0 Å². The van der Waals surface area contributed by atoms with Gasteiger partial charge in [0, 0.05) is 24.4 Å². The van der Waals surface area contributed by atoms with Crippen LogP contribution < -0.4 is 5.32 Å². The third-order valence-corrected chi connectivity index (χ3v) is 2.56. The summed E-state index contributed by atoms with van der Waals surface area (Å²) in [5.74, 6) is 1.46. The Morgan fingerprint density at radius 3 is 2.94 bits per heavy atom. The van der Waals surface area contributed by atoms with Crippen molar-refractivity contribution in [2.45, 2.75) is 19.9 Å². The number of rotatable bonds is 5. The van der Waals surface area contributed by atoms with Crippen LogP contribution in [0.25, 0.3) is 11.5 Å². The molecule has 1 heterocycles. The van der Waals surface area contributed by atoms with E-state index in [0.29, 0.717) is 12.5 Å². The highest BCUT2D eigenvalue weighted by Gasteiger charge is 2.06. The first-order chi connectivity index (χ1) is 8.69. The second-order valence-electron chi connectivity index (χ2n) is 4.36. The Balaban J connectivity index is 2.15. The van der Waals surface area contributed by atoms with E-state index in [-0.39, 0.29) is 6.04 Å². The number of oxazole rings is 1. The number of anilines is 1. The van der Waals surface area contributed by atoms with Crippen molar-refractivity contribution in [3.05, 3.63) is 36.2 Å². The molecule has 0 aliphatic rings. The first-order valence-corrected chi connectivity index (χ1v) is 5.97. The van der Waals surface area contributed by atoms with Gasteiger partial charge in [-0.2, -0.15) is 0 Å². The number of ether oxygens (including phenoxy) is 1. The molecule has 1 aromatic heterocycles. The predicted molar refractivity (Wildman–Crippen MR) is 71.6 cm³/mol. The van der Waals surface area contributed by atoms with Crippen molar-refractivity contribution < 1.29 is 9.15 Å². The van der Waals surface area contributed by atoms with Gasteiger partial charge in [-0.25, -0.2) is 4.98 Å². The number of nitrogens with zero attached hydrogens (tertiary/aromatic N) is 1. The smallest absolute Gasteiger partial charge is 0.226 e. The fourth-order valence-electron chi connectivity index (χ4n) is 1.81. The van der Waals surface area contributed by atoms with E-state index in [9.17, 15) is 0 Å². The van der Waals surface area contributed by atoms with Crippen LogP contribution in [0.2, 0.25) is 0 Å². The van der Waals surface area contributed by atoms with Gasteiger partial charge in [0.25, 0.3) is 0 Å². The fraction of sp³-hybridized carbons (Fsp3) is 0.357. The lowest BCUT2D eigenvalue weighted by molar-refractivity contribution is 0.190. The minimum atomic E-state index is 0.261. The molecule has 0 spiro atoms. The molecule has 0 saturated heterocycles. The van der Waals surface area contributed by atoms with Crippen molar-refractivity contribution in [3.63, 3.8) is 0 Å². The van der Waals surface area contributed by atoms with Crippen LogP contribution in [-0.4, -0.2) is 24.7 Å². The van der Waals surface area contributed by atoms with Gasteiger partial charge in [-0.05, 0) is 32.0 Å². The van der Waals surface area contributed by atoms with Gasteiger partial charge in [0.2, 0.25) is 5.89 Å². The first kappa shape index (κ1) is 12.6. The summed E-state index contributed by atoms with van der Waals surface area (Å²) in [6.07, 6.45) is 1.73. The standard InChI is InChI=1S/C14H18N2O2/c1-10(9-17-3)16-13-6-4-5-12(7-13)14-15-8-11(2)18-14/h4-8,10,16H,9H2,1-3H3/t10-/m1/s1. The summed E-state index contributed by atoms with van der Waals surface area (Å²) >= 11 is 0. The van der Waals surface area contributed by atoms with E-state index in [4.69, 9.17) is 9.15 Å². The summed E-state index contributed by atoms with van der Waals surface area (Å²) in [7, 11) is 1.70. The molecule has 0 aliphatic carbocycles. The minimum absolute atomic E-state index is 0.261. The van der Waals surface area contributed by atoms with Crippen LogP contribution in [0.1, 0.15) is 12.7 Å². The van der Waals surface area contributed by atoms with E-state index in [2.05, 4.69) is 17.2 Å². The lowest BCUT2D eigenvalue weighted by Crippen LogP contribution is -2.20. The Hall–Kier alpha value is -1.81. The number of hydrogen-bond donors (Lipinski definition) is 1. The van der Waals surface area contributed by atoms with Crippen LogP contribution in [0.3, 0.4) is 0 Å². The molecule has 2 rings (SSSR count). The van der Waals surface area contributed by atoms with Gasteiger partial charge in [-0.15, -0.1) is 0 Å². The van der Waals surface area contributed by atoms with Crippen LogP contribution in [0.4, 0.5) is 5.69 Å². The van der Waals surface area contributed by atoms with Gasteiger partial charge >= 0.3 is 0 Å². The molecule has 0 aliphatic heterocycles. The van der Waals surface area contributed by atoms with Gasteiger partial charge in [-0.3, -0.25) is 0 Å². The van der Waals surface area contributed by atoms with Crippen LogP contribution in [0, 0.1) is 6.92 Å².